The average Bonchev–Trinajstić information content (AvgIpc) is 3.79. The molecule has 0 amide bonds. The van der Waals surface area contributed by atoms with Crippen LogP contribution in [0.5, 0.6) is 0 Å². The molecule has 218 valence electrons. The van der Waals surface area contributed by atoms with Crippen molar-refractivity contribution in [1.82, 2.24) is 13.9 Å². The van der Waals surface area contributed by atoms with Gasteiger partial charge in [-0.05, 0) is 131 Å². The van der Waals surface area contributed by atoms with Crippen LogP contribution in [0.2, 0.25) is 0 Å². The molecule has 1 aliphatic rings. The van der Waals surface area contributed by atoms with E-state index in [1.807, 2.05) is 12.3 Å². The Balaban J connectivity index is 1.25. The molecule has 3 heterocycles. The van der Waals surface area contributed by atoms with Crippen molar-refractivity contribution in [2.45, 2.75) is 0 Å². The van der Waals surface area contributed by atoms with Crippen molar-refractivity contribution in [2.24, 2.45) is 7.05 Å². The third-order valence-electron chi connectivity index (χ3n) is 10.2. The highest BCUT2D eigenvalue weighted by Gasteiger charge is 2.24. The van der Waals surface area contributed by atoms with Crippen LogP contribution in [-0.4, -0.2) is 13.9 Å². The summed E-state index contributed by atoms with van der Waals surface area (Å²) >= 11 is 1.57. The molecule has 3 aromatic heterocycles. The first-order valence-corrected chi connectivity index (χ1v) is 16.7. The topological polar surface area (TPSA) is 30.7 Å². The number of aromatic nitrogens is 3. The van der Waals surface area contributed by atoms with Gasteiger partial charge in [0.2, 0.25) is 0 Å². The SMILES string of the molecule is Cn1cc(-c2ccc(-c3nsc4ccccc34)c3cc4cc5c(cc4cc23)-c2cc3ccccc3c3cccc-5c23)c2cccnc21. The maximum Gasteiger partial charge on any atom is 0.140 e. The molecule has 11 rings (SSSR count). The molecule has 0 saturated carbocycles. The summed E-state index contributed by atoms with van der Waals surface area (Å²) in [6, 6.07) is 44.9. The first-order valence-electron chi connectivity index (χ1n) is 16.0. The molecule has 0 bridgehead atoms. The summed E-state index contributed by atoms with van der Waals surface area (Å²) in [6.07, 6.45) is 4.09. The standard InChI is InChI=1S/C43H25N3S/c1-46-23-39(32-13-7-17-44-43(32)46)28-15-16-31(42-33-10-4-5-14-40(33)47-45-42)36-21-26-20-35-30-12-6-11-29-27-9-3-2-8-24(27)18-38(41(29)30)37(35)22-25(26)19-34(28)36/h2-23H,1H3. The van der Waals surface area contributed by atoms with Gasteiger partial charge in [-0.1, -0.05) is 72.8 Å². The van der Waals surface area contributed by atoms with Crippen molar-refractivity contribution >= 4 is 75.7 Å². The van der Waals surface area contributed by atoms with E-state index < -0.39 is 0 Å². The third kappa shape index (κ3) is 3.40. The third-order valence-corrected chi connectivity index (χ3v) is 11.1. The smallest absolute Gasteiger partial charge is 0.140 e. The van der Waals surface area contributed by atoms with Gasteiger partial charge in [-0.25, -0.2) is 4.98 Å². The quantitative estimate of drug-likeness (QED) is 0.143. The number of hydrogen-bond acceptors (Lipinski definition) is 3. The van der Waals surface area contributed by atoms with Crippen LogP contribution < -0.4 is 0 Å². The van der Waals surface area contributed by atoms with Crippen LogP contribution >= 0.6 is 11.5 Å². The van der Waals surface area contributed by atoms with Crippen LogP contribution in [0.1, 0.15) is 0 Å². The number of fused-ring (bicyclic) bond motifs is 9. The number of benzene rings is 7. The van der Waals surface area contributed by atoms with Gasteiger partial charge >= 0.3 is 0 Å². The second-order valence-electron chi connectivity index (χ2n) is 12.7. The Morgan fingerprint density at radius 2 is 1.19 bits per heavy atom. The van der Waals surface area contributed by atoms with E-state index in [0.717, 1.165) is 16.7 Å². The minimum atomic E-state index is 0.988. The van der Waals surface area contributed by atoms with Crippen molar-refractivity contribution in [1.29, 1.82) is 0 Å². The Kier molecular flexibility index (Phi) is 4.92. The molecule has 0 N–H and O–H groups in total. The summed E-state index contributed by atoms with van der Waals surface area (Å²) in [4.78, 5) is 4.70. The number of rotatable bonds is 2. The summed E-state index contributed by atoms with van der Waals surface area (Å²) in [5, 5.41) is 12.6. The van der Waals surface area contributed by atoms with Gasteiger partial charge in [0.1, 0.15) is 5.65 Å². The lowest BCUT2D eigenvalue weighted by molar-refractivity contribution is 0.949. The predicted octanol–water partition coefficient (Wildman–Crippen LogP) is 11.8. The normalized spacial score (nSPS) is 12.4. The van der Waals surface area contributed by atoms with E-state index in [1.165, 1.54) is 92.1 Å². The van der Waals surface area contributed by atoms with E-state index in [4.69, 9.17) is 9.36 Å². The van der Waals surface area contributed by atoms with Crippen molar-refractivity contribution in [3.63, 3.8) is 0 Å². The lowest BCUT2D eigenvalue weighted by Gasteiger charge is -2.14. The van der Waals surface area contributed by atoms with Gasteiger partial charge < -0.3 is 4.57 Å². The molecular weight excluding hydrogens is 591 g/mol. The molecule has 0 unspecified atom stereocenters. The molecule has 4 heteroatoms. The van der Waals surface area contributed by atoms with Crippen LogP contribution in [0.25, 0.3) is 109 Å². The van der Waals surface area contributed by atoms with E-state index in [-0.39, 0.29) is 0 Å². The summed E-state index contributed by atoms with van der Waals surface area (Å²) in [5.74, 6) is 0. The molecule has 0 atom stereocenters. The van der Waals surface area contributed by atoms with Crippen molar-refractivity contribution in [2.75, 3.05) is 0 Å². The van der Waals surface area contributed by atoms with Gasteiger partial charge in [-0.2, -0.15) is 4.37 Å². The van der Waals surface area contributed by atoms with Crippen LogP contribution in [0.3, 0.4) is 0 Å². The Labute approximate surface area is 274 Å². The maximum absolute atomic E-state index is 5.02. The highest BCUT2D eigenvalue weighted by molar-refractivity contribution is 7.13. The van der Waals surface area contributed by atoms with Gasteiger partial charge in [0.15, 0.2) is 0 Å². The summed E-state index contributed by atoms with van der Waals surface area (Å²) in [7, 11) is 2.08. The molecule has 47 heavy (non-hydrogen) atoms. The zero-order valence-corrected chi connectivity index (χ0v) is 26.3. The van der Waals surface area contributed by atoms with E-state index in [1.54, 1.807) is 11.5 Å². The van der Waals surface area contributed by atoms with E-state index in [9.17, 15) is 0 Å². The second kappa shape index (κ2) is 9.12. The monoisotopic (exact) mass is 615 g/mol. The van der Waals surface area contributed by atoms with Crippen LogP contribution in [0.15, 0.2) is 134 Å². The Bertz CT molecular complexity index is 2980. The summed E-state index contributed by atoms with van der Waals surface area (Å²) in [6.45, 7) is 0. The molecule has 0 aliphatic heterocycles. The van der Waals surface area contributed by atoms with Gasteiger partial charge in [-0.3, -0.25) is 0 Å². The number of nitrogens with zero attached hydrogens (tertiary/aromatic N) is 3. The lowest BCUT2D eigenvalue weighted by Crippen LogP contribution is -1.89. The highest BCUT2D eigenvalue weighted by atomic mass is 32.1. The molecule has 0 spiro atoms. The van der Waals surface area contributed by atoms with Gasteiger partial charge in [0.05, 0.1) is 10.4 Å². The van der Waals surface area contributed by atoms with Crippen molar-refractivity contribution < 1.29 is 0 Å². The Morgan fingerprint density at radius 3 is 2.09 bits per heavy atom. The van der Waals surface area contributed by atoms with Gasteiger partial charge in [-0.15, -0.1) is 0 Å². The number of aryl methyl sites for hydroxylation is 1. The average molecular weight is 616 g/mol. The largest absolute Gasteiger partial charge is 0.335 e. The Hall–Kier alpha value is -5.84. The zero-order chi connectivity index (χ0) is 30.8. The van der Waals surface area contributed by atoms with Gasteiger partial charge in [0.25, 0.3) is 0 Å². The molecular formula is C43H25N3S. The molecule has 3 nitrogen and oxygen atoms in total. The maximum atomic E-state index is 5.02. The first kappa shape index (κ1) is 25.4. The summed E-state index contributed by atoms with van der Waals surface area (Å²) in [5.41, 5.74) is 10.9. The van der Waals surface area contributed by atoms with Crippen LogP contribution in [0.4, 0.5) is 0 Å². The Morgan fingerprint density at radius 1 is 0.489 bits per heavy atom. The zero-order valence-electron chi connectivity index (χ0n) is 25.5. The molecule has 1 aliphatic carbocycles. The number of hydrogen-bond donors (Lipinski definition) is 0. The second-order valence-corrected chi connectivity index (χ2v) is 13.5. The molecule has 10 aromatic rings. The fourth-order valence-electron chi connectivity index (χ4n) is 8.14. The fraction of sp³-hybridized carbons (Fsp3) is 0.0233. The minimum absolute atomic E-state index is 0.988. The molecule has 0 saturated heterocycles. The molecule has 7 aromatic carbocycles. The van der Waals surface area contributed by atoms with Crippen LogP contribution in [0, 0.1) is 0 Å². The highest BCUT2D eigenvalue weighted by Crippen LogP contribution is 2.51. The number of pyridine rings is 1. The first-order chi connectivity index (χ1) is 23.2. The molecule has 0 fully saturated rings. The van der Waals surface area contributed by atoms with E-state index >= 15 is 0 Å². The fourth-order valence-corrected chi connectivity index (χ4v) is 8.92. The van der Waals surface area contributed by atoms with Crippen molar-refractivity contribution in [3.8, 4) is 44.6 Å². The lowest BCUT2D eigenvalue weighted by atomic mass is 9.89. The van der Waals surface area contributed by atoms with Crippen LogP contribution in [-0.2, 0) is 7.05 Å². The van der Waals surface area contributed by atoms with Gasteiger partial charge in [0, 0.05) is 41.3 Å². The minimum Gasteiger partial charge on any atom is -0.335 e. The predicted molar refractivity (Wildman–Crippen MR) is 199 cm³/mol. The van der Waals surface area contributed by atoms with Crippen molar-refractivity contribution in [3.05, 3.63) is 134 Å². The molecule has 0 radical (unpaired) electrons. The van der Waals surface area contributed by atoms with E-state index in [0.29, 0.717) is 0 Å². The summed E-state index contributed by atoms with van der Waals surface area (Å²) < 4.78 is 8.36. The van der Waals surface area contributed by atoms with E-state index in [2.05, 4.69) is 133 Å².